The Hall–Kier alpha value is -2.46. The summed E-state index contributed by atoms with van der Waals surface area (Å²) in [6.07, 6.45) is -6.32. The number of pyridine rings is 1. The summed E-state index contributed by atoms with van der Waals surface area (Å²) >= 11 is 0. The molecule has 0 saturated heterocycles. The Morgan fingerprint density at radius 3 is 2.36 bits per heavy atom. The Morgan fingerprint density at radius 1 is 1.29 bits per heavy atom. The minimum Gasteiger partial charge on any atom is -0.618 e. The van der Waals surface area contributed by atoms with E-state index in [4.69, 9.17) is 9.47 Å². The molecule has 1 aromatic rings. The van der Waals surface area contributed by atoms with E-state index in [0.29, 0.717) is 12.5 Å². The van der Waals surface area contributed by atoms with E-state index in [1.807, 2.05) is 0 Å². The molecule has 0 fully saturated rings. The number of ketones is 2. The maximum Gasteiger partial charge on any atom is 0.478 e. The molecule has 0 atom stereocenters. The van der Waals surface area contributed by atoms with Crippen molar-refractivity contribution in [2.75, 3.05) is 14.2 Å². The summed E-state index contributed by atoms with van der Waals surface area (Å²) in [5.41, 5.74) is -4.29. The van der Waals surface area contributed by atoms with Crippen LogP contribution >= 0.6 is 0 Å². The summed E-state index contributed by atoms with van der Waals surface area (Å²) in [5, 5.41) is 22.8. The summed E-state index contributed by atoms with van der Waals surface area (Å²) < 4.78 is 48.6. The lowest BCUT2D eigenvalue weighted by atomic mass is 9.75. The van der Waals surface area contributed by atoms with Crippen LogP contribution in [-0.4, -0.2) is 30.9 Å². The number of methoxy groups -OCH3 is 2. The van der Waals surface area contributed by atoms with Gasteiger partial charge in [0.1, 0.15) is 11.3 Å². The van der Waals surface area contributed by atoms with Crippen molar-refractivity contribution < 1.29 is 42.1 Å². The first-order chi connectivity index (χ1) is 12.9. The highest BCUT2D eigenvalue weighted by atomic mass is 19.4. The van der Waals surface area contributed by atoms with Gasteiger partial charge in [0, 0.05) is 32.1 Å². The Kier molecular flexibility index (Phi) is 5.86. The first kappa shape index (κ1) is 21.8. The molecule has 28 heavy (non-hydrogen) atoms. The van der Waals surface area contributed by atoms with Gasteiger partial charge in [0.2, 0.25) is 12.1 Å². The number of carbonyl (C=O) groups excluding carboxylic acids is 2. The van der Waals surface area contributed by atoms with Gasteiger partial charge in [-0.2, -0.15) is 17.9 Å². The van der Waals surface area contributed by atoms with Crippen LogP contribution in [0, 0.1) is 10.6 Å². The molecule has 10 heteroatoms. The van der Waals surface area contributed by atoms with Crippen molar-refractivity contribution in [3.05, 3.63) is 45.6 Å². The summed E-state index contributed by atoms with van der Waals surface area (Å²) in [4.78, 5) is 25.3. The molecular formula is C18H20F3NO6. The van der Waals surface area contributed by atoms with Crippen LogP contribution in [0.4, 0.5) is 13.2 Å². The number of allylic oxidation sites excluding steroid dienone is 2. The molecule has 0 radical (unpaired) electrons. The predicted octanol–water partition coefficient (Wildman–Crippen LogP) is 3.01. The van der Waals surface area contributed by atoms with Gasteiger partial charge in [0.05, 0.1) is 5.56 Å². The number of aliphatic hydroxyl groups excluding tert-OH is 1. The average molecular weight is 403 g/mol. The van der Waals surface area contributed by atoms with Crippen molar-refractivity contribution in [1.29, 1.82) is 0 Å². The number of aliphatic hydroxyl groups is 1. The molecule has 1 aliphatic carbocycles. The van der Waals surface area contributed by atoms with E-state index in [0.717, 1.165) is 20.3 Å². The maximum absolute atomic E-state index is 13.1. The topological polar surface area (TPSA) is 99.8 Å². The number of carbonyl (C=O) groups is 2. The first-order valence-electron chi connectivity index (χ1n) is 8.27. The van der Waals surface area contributed by atoms with Crippen molar-refractivity contribution in [3.63, 3.8) is 0 Å². The Bertz CT molecular complexity index is 840. The van der Waals surface area contributed by atoms with Crippen molar-refractivity contribution in [2.45, 2.75) is 39.2 Å². The standard InChI is InChI=1S/C18H20F3NO6/c1-17(2)8-7-10(23)12(15(17)25)14(24)9-5-6-11(18(19,20)21)22(26)13(9)16(27-3)28-4/h5-6,16,25H,7-8H2,1-4H3. The fraction of sp³-hybridized carbons (Fsp3) is 0.500. The molecule has 0 spiro atoms. The molecule has 1 heterocycles. The van der Waals surface area contributed by atoms with Crippen molar-refractivity contribution >= 4 is 11.6 Å². The van der Waals surface area contributed by atoms with E-state index < -0.39 is 62.5 Å². The fourth-order valence-electron chi connectivity index (χ4n) is 3.01. The summed E-state index contributed by atoms with van der Waals surface area (Å²) in [6, 6.07) is 1.21. The van der Waals surface area contributed by atoms with E-state index in [2.05, 4.69) is 0 Å². The van der Waals surface area contributed by atoms with Gasteiger partial charge in [-0.3, -0.25) is 9.59 Å². The van der Waals surface area contributed by atoms with Gasteiger partial charge in [0.15, 0.2) is 5.78 Å². The van der Waals surface area contributed by atoms with Crippen LogP contribution in [-0.2, 0) is 20.4 Å². The second kappa shape index (κ2) is 7.51. The highest BCUT2D eigenvalue weighted by Crippen LogP contribution is 2.39. The number of nitrogens with zero attached hydrogens (tertiary/aromatic N) is 1. The number of Topliss-reactive ketones (excluding diaryl/α,β-unsaturated/α-hetero) is 2. The third kappa shape index (κ3) is 3.74. The minimum atomic E-state index is -4.99. The van der Waals surface area contributed by atoms with Crippen molar-refractivity contribution in [3.8, 4) is 0 Å². The molecule has 0 saturated carbocycles. The third-order valence-corrected chi connectivity index (χ3v) is 4.67. The Morgan fingerprint density at radius 2 is 1.86 bits per heavy atom. The number of hydrogen-bond acceptors (Lipinski definition) is 6. The molecule has 154 valence electrons. The van der Waals surface area contributed by atoms with Gasteiger partial charge in [-0.1, -0.05) is 13.8 Å². The molecular weight excluding hydrogens is 383 g/mol. The zero-order chi connectivity index (χ0) is 21.4. The summed E-state index contributed by atoms with van der Waals surface area (Å²) in [6.45, 7) is 3.24. The lowest BCUT2D eigenvalue weighted by Gasteiger charge is -2.30. The van der Waals surface area contributed by atoms with Crippen molar-refractivity contribution in [2.24, 2.45) is 5.41 Å². The number of ether oxygens (including phenoxy) is 2. The number of halogens is 3. The normalized spacial score (nSPS) is 17.4. The van der Waals surface area contributed by atoms with Crippen LogP contribution < -0.4 is 4.73 Å². The van der Waals surface area contributed by atoms with Crippen LogP contribution in [0.1, 0.15) is 54.7 Å². The number of rotatable bonds is 5. The van der Waals surface area contributed by atoms with Gasteiger partial charge >= 0.3 is 6.18 Å². The number of aromatic nitrogens is 1. The molecule has 2 rings (SSSR count). The third-order valence-electron chi connectivity index (χ3n) is 4.67. The molecule has 0 bridgehead atoms. The molecule has 0 aliphatic heterocycles. The second-order valence-corrected chi connectivity index (χ2v) is 6.97. The monoisotopic (exact) mass is 403 g/mol. The summed E-state index contributed by atoms with van der Waals surface area (Å²) in [7, 11) is 2.16. The first-order valence-corrected chi connectivity index (χ1v) is 8.27. The Balaban J connectivity index is 2.76. The molecule has 1 aromatic heterocycles. The fourth-order valence-corrected chi connectivity index (χ4v) is 3.01. The van der Waals surface area contributed by atoms with Crippen molar-refractivity contribution in [1.82, 2.24) is 0 Å². The zero-order valence-electron chi connectivity index (χ0n) is 15.7. The van der Waals surface area contributed by atoms with Crippen LogP contribution in [0.2, 0.25) is 0 Å². The highest BCUT2D eigenvalue weighted by Gasteiger charge is 2.45. The Labute approximate surface area is 158 Å². The molecule has 0 amide bonds. The van der Waals surface area contributed by atoms with E-state index in [1.165, 1.54) is 0 Å². The van der Waals surface area contributed by atoms with Gasteiger partial charge in [-0.15, -0.1) is 0 Å². The van der Waals surface area contributed by atoms with Crippen LogP contribution in [0.25, 0.3) is 0 Å². The van der Waals surface area contributed by atoms with Gasteiger partial charge < -0.3 is 19.8 Å². The van der Waals surface area contributed by atoms with Gasteiger partial charge in [-0.25, -0.2) is 0 Å². The van der Waals surface area contributed by atoms with Crippen LogP contribution in [0.15, 0.2) is 23.5 Å². The van der Waals surface area contributed by atoms with E-state index in [1.54, 1.807) is 13.8 Å². The summed E-state index contributed by atoms with van der Waals surface area (Å²) in [5.74, 6) is -2.19. The molecule has 1 aliphatic rings. The lowest BCUT2D eigenvalue weighted by Crippen LogP contribution is -2.44. The second-order valence-electron chi connectivity index (χ2n) is 6.97. The van der Waals surface area contributed by atoms with Crippen LogP contribution in [0.3, 0.4) is 0 Å². The smallest absolute Gasteiger partial charge is 0.478 e. The predicted molar refractivity (Wildman–Crippen MR) is 89.2 cm³/mol. The highest BCUT2D eigenvalue weighted by molar-refractivity contribution is 6.27. The lowest BCUT2D eigenvalue weighted by molar-refractivity contribution is -0.645. The van der Waals surface area contributed by atoms with Gasteiger partial charge in [-0.05, 0) is 12.5 Å². The van der Waals surface area contributed by atoms with Gasteiger partial charge in [0.25, 0.3) is 11.4 Å². The molecule has 0 unspecified atom stereocenters. The van der Waals surface area contributed by atoms with E-state index in [9.17, 15) is 33.1 Å². The van der Waals surface area contributed by atoms with E-state index >= 15 is 0 Å². The zero-order valence-corrected chi connectivity index (χ0v) is 15.7. The molecule has 7 nitrogen and oxygen atoms in total. The van der Waals surface area contributed by atoms with Crippen LogP contribution in [0.5, 0.6) is 0 Å². The SMILES string of the molecule is COC(OC)c1c(C(=O)C2=C(O)C(C)(C)CCC2=O)ccc(C(F)(F)F)[n+]1[O-]. The maximum atomic E-state index is 13.1. The number of alkyl halides is 3. The largest absolute Gasteiger partial charge is 0.618 e. The number of hydrogen-bond donors (Lipinski definition) is 1. The average Bonchev–Trinajstić information content (AvgIpc) is 2.60. The molecule has 0 aromatic carbocycles. The quantitative estimate of drug-likeness (QED) is 0.267. The van der Waals surface area contributed by atoms with E-state index in [-0.39, 0.29) is 6.42 Å². The minimum absolute atomic E-state index is 0.0243. The molecule has 1 N–H and O–H groups in total.